The van der Waals surface area contributed by atoms with Crippen LogP contribution in [0.4, 0.5) is 10.6 Å². The average molecular weight is 327 g/mol. The number of nitrogens with one attached hydrogen (secondary N) is 1. The van der Waals surface area contributed by atoms with Crippen molar-refractivity contribution < 1.29 is 14.3 Å². The number of aromatic nitrogens is 1. The smallest absolute Gasteiger partial charge is 0.323 e. The maximum absolute atomic E-state index is 12.5. The normalized spacial score (nSPS) is 17.4. The minimum absolute atomic E-state index is 0.0995. The van der Waals surface area contributed by atoms with Crippen LogP contribution in [0.3, 0.4) is 0 Å². The van der Waals surface area contributed by atoms with Crippen molar-refractivity contribution in [1.29, 1.82) is 0 Å². The summed E-state index contributed by atoms with van der Waals surface area (Å²) in [7, 11) is 0. The Bertz CT molecular complexity index is 678. The maximum Gasteiger partial charge on any atom is 0.323 e. The van der Waals surface area contributed by atoms with Crippen LogP contribution in [0.15, 0.2) is 48.5 Å². The van der Waals surface area contributed by atoms with E-state index in [2.05, 4.69) is 10.3 Å². The van der Waals surface area contributed by atoms with Crippen molar-refractivity contribution >= 4 is 11.8 Å². The van der Waals surface area contributed by atoms with E-state index in [0.717, 1.165) is 6.42 Å². The fourth-order valence-electron chi connectivity index (χ4n) is 2.59. The van der Waals surface area contributed by atoms with Gasteiger partial charge in [-0.2, -0.15) is 4.98 Å². The van der Waals surface area contributed by atoms with Crippen LogP contribution in [0.2, 0.25) is 0 Å². The van der Waals surface area contributed by atoms with Crippen LogP contribution in [-0.2, 0) is 4.74 Å². The van der Waals surface area contributed by atoms with E-state index in [1.165, 1.54) is 0 Å². The first-order valence-corrected chi connectivity index (χ1v) is 8.11. The zero-order chi connectivity index (χ0) is 16.8. The Morgan fingerprint density at radius 2 is 2.12 bits per heavy atom. The minimum atomic E-state index is -0.158. The number of hydrogen-bond donors (Lipinski definition) is 1. The van der Waals surface area contributed by atoms with E-state index in [1.807, 2.05) is 37.3 Å². The third-order valence-corrected chi connectivity index (χ3v) is 3.88. The third-order valence-electron chi connectivity index (χ3n) is 3.88. The summed E-state index contributed by atoms with van der Waals surface area (Å²) in [5, 5.41) is 2.84. The number of nitrogens with zero attached hydrogens (tertiary/aromatic N) is 2. The SMILES string of the molecule is CCC1COCCN1C(=O)Nc1cccc(Oc2ccccc2)n1. The largest absolute Gasteiger partial charge is 0.439 e. The molecule has 1 aliphatic rings. The van der Waals surface area contributed by atoms with Gasteiger partial charge < -0.3 is 14.4 Å². The molecular weight excluding hydrogens is 306 g/mol. The number of hydrogen-bond acceptors (Lipinski definition) is 4. The number of para-hydroxylation sites is 1. The molecule has 1 aromatic heterocycles. The zero-order valence-corrected chi connectivity index (χ0v) is 13.6. The molecule has 126 valence electrons. The zero-order valence-electron chi connectivity index (χ0n) is 13.6. The number of carbonyl (C=O) groups is 1. The first-order chi connectivity index (χ1) is 11.8. The molecule has 0 saturated carbocycles. The first kappa shape index (κ1) is 16.3. The van der Waals surface area contributed by atoms with Crippen LogP contribution in [-0.4, -0.2) is 41.7 Å². The highest BCUT2D eigenvalue weighted by molar-refractivity contribution is 5.88. The topological polar surface area (TPSA) is 63.7 Å². The van der Waals surface area contributed by atoms with Gasteiger partial charge in [0.1, 0.15) is 11.6 Å². The van der Waals surface area contributed by atoms with E-state index in [4.69, 9.17) is 9.47 Å². The summed E-state index contributed by atoms with van der Waals surface area (Å²) in [6.45, 7) is 3.78. The summed E-state index contributed by atoms with van der Waals surface area (Å²) in [5.74, 6) is 1.61. The molecule has 24 heavy (non-hydrogen) atoms. The standard InChI is InChI=1S/C18H21N3O3/c1-2-14-13-23-12-11-21(14)18(22)20-16-9-6-10-17(19-16)24-15-7-4-3-5-8-15/h3-10,14H,2,11-13H2,1H3,(H,19,20,22). The average Bonchev–Trinajstić information content (AvgIpc) is 2.63. The Morgan fingerprint density at radius 1 is 1.29 bits per heavy atom. The molecule has 6 heteroatoms. The number of pyridine rings is 1. The van der Waals surface area contributed by atoms with Gasteiger partial charge in [-0.05, 0) is 24.6 Å². The Morgan fingerprint density at radius 3 is 2.92 bits per heavy atom. The van der Waals surface area contributed by atoms with Crippen molar-refractivity contribution in [2.24, 2.45) is 0 Å². The summed E-state index contributed by atoms with van der Waals surface area (Å²) in [6.07, 6.45) is 0.859. The van der Waals surface area contributed by atoms with Gasteiger partial charge in [0.15, 0.2) is 0 Å². The molecule has 0 radical (unpaired) electrons. The monoisotopic (exact) mass is 327 g/mol. The predicted molar refractivity (Wildman–Crippen MR) is 91.4 cm³/mol. The lowest BCUT2D eigenvalue weighted by atomic mass is 10.2. The highest BCUT2D eigenvalue weighted by atomic mass is 16.5. The number of ether oxygens (including phenoxy) is 2. The summed E-state index contributed by atoms with van der Waals surface area (Å²) >= 11 is 0. The summed E-state index contributed by atoms with van der Waals surface area (Å²) in [4.78, 5) is 18.6. The van der Waals surface area contributed by atoms with Gasteiger partial charge in [0.05, 0.1) is 19.3 Å². The van der Waals surface area contributed by atoms with E-state index < -0.39 is 0 Å². The minimum Gasteiger partial charge on any atom is -0.439 e. The van der Waals surface area contributed by atoms with Gasteiger partial charge >= 0.3 is 6.03 Å². The third kappa shape index (κ3) is 4.02. The van der Waals surface area contributed by atoms with Gasteiger partial charge in [0.25, 0.3) is 0 Å². The van der Waals surface area contributed by atoms with E-state index >= 15 is 0 Å². The molecule has 2 heterocycles. The quantitative estimate of drug-likeness (QED) is 0.933. The Labute approximate surface area is 141 Å². The maximum atomic E-state index is 12.5. The van der Waals surface area contributed by atoms with Crippen molar-refractivity contribution in [1.82, 2.24) is 9.88 Å². The number of urea groups is 1. The molecule has 2 aromatic rings. The van der Waals surface area contributed by atoms with Crippen molar-refractivity contribution in [2.45, 2.75) is 19.4 Å². The molecule has 3 rings (SSSR count). The number of benzene rings is 1. The lowest BCUT2D eigenvalue weighted by Gasteiger charge is -2.34. The van der Waals surface area contributed by atoms with Crippen molar-refractivity contribution in [3.8, 4) is 11.6 Å². The summed E-state index contributed by atoms with van der Waals surface area (Å²) in [6, 6.07) is 14.7. The molecule has 1 fully saturated rings. The second-order valence-electron chi connectivity index (χ2n) is 5.54. The molecule has 1 unspecified atom stereocenters. The van der Waals surface area contributed by atoms with Crippen LogP contribution in [0.25, 0.3) is 0 Å². The molecule has 1 aromatic carbocycles. The number of amides is 2. The van der Waals surface area contributed by atoms with E-state index in [1.54, 1.807) is 23.1 Å². The fourth-order valence-corrected chi connectivity index (χ4v) is 2.59. The number of carbonyl (C=O) groups excluding carboxylic acids is 1. The van der Waals surface area contributed by atoms with E-state index in [9.17, 15) is 4.79 Å². The van der Waals surface area contributed by atoms with E-state index in [0.29, 0.717) is 37.2 Å². The number of morpholine rings is 1. The van der Waals surface area contributed by atoms with Gasteiger partial charge in [0, 0.05) is 12.6 Å². The molecule has 0 aliphatic carbocycles. The number of anilines is 1. The van der Waals surface area contributed by atoms with Crippen LogP contribution in [0.5, 0.6) is 11.6 Å². The molecule has 0 bridgehead atoms. The Balaban J connectivity index is 1.66. The lowest BCUT2D eigenvalue weighted by Crippen LogP contribution is -2.50. The summed E-state index contributed by atoms with van der Waals surface area (Å²) in [5.41, 5.74) is 0. The second kappa shape index (κ2) is 7.79. The van der Waals surface area contributed by atoms with Gasteiger partial charge in [-0.15, -0.1) is 0 Å². The number of rotatable bonds is 4. The van der Waals surface area contributed by atoms with E-state index in [-0.39, 0.29) is 12.1 Å². The summed E-state index contributed by atoms with van der Waals surface area (Å²) < 4.78 is 11.1. The lowest BCUT2D eigenvalue weighted by molar-refractivity contribution is 0.0143. The Kier molecular flexibility index (Phi) is 5.28. The van der Waals surface area contributed by atoms with Crippen LogP contribution >= 0.6 is 0 Å². The van der Waals surface area contributed by atoms with Crippen LogP contribution < -0.4 is 10.1 Å². The van der Waals surface area contributed by atoms with Gasteiger partial charge in [-0.25, -0.2) is 4.79 Å². The highest BCUT2D eigenvalue weighted by Gasteiger charge is 2.26. The van der Waals surface area contributed by atoms with Gasteiger partial charge in [0.2, 0.25) is 5.88 Å². The van der Waals surface area contributed by atoms with Gasteiger partial charge in [-0.1, -0.05) is 31.2 Å². The highest BCUT2D eigenvalue weighted by Crippen LogP contribution is 2.20. The van der Waals surface area contributed by atoms with Crippen molar-refractivity contribution in [3.05, 3.63) is 48.5 Å². The van der Waals surface area contributed by atoms with Crippen molar-refractivity contribution in [2.75, 3.05) is 25.1 Å². The molecule has 1 atom stereocenters. The second-order valence-corrected chi connectivity index (χ2v) is 5.54. The van der Waals surface area contributed by atoms with Gasteiger partial charge in [-0.3, -0.25) is 5.32 Å². The fraction of sp³-hybridized carbons (Fsp3) is 0.333. The molecular formula is C18H21N3O3. The Hall–Kier alpha value is -2.60. The molecule has 6 nitrogen and oxygen atoms in total. The molecule has 0 spiro atoms. The molecule has 1 saturated heterocycles. The predicted octanol–water partition coefficient (Wildman–Crippen LogP) is 3.52. The van der Waals surface area contributed by atoms with Crippen LogP contribution in [0.1, 0.15) is 13.3 Å². The first-order valence-electron chi connectivity index (χ1n) is 8.11. The molecule has 1 N–H and O–H groups in total. The molecule has 2 amide bonds. The van der Waals surface area contributed by atoms with Crippen molar-refractivity contribution in [3.63, 3.8) is 0 Å². The molecule has 1 aliphatic heterocycles. The van der Waals surface area contributed by atoms with Crippen LogP contribution in [0, 0.1) is 0 Å².